The van der Waals surface area contributed by atoms with Gasteiger partial charge in [0.1, 0.15) is 34.5 Å². The largest absolute Gasteiger partial charge is 0.457 e. The molecular formula is C105H116N2O17. The van der Waals surface area contributed by atoms with Gasteiger partial charge in [-0.05, 0) is 212 Å². The zero-order chi connectivity index (χ0) is 80.0. The van der Waals surface area contributed by atoms with Gasteiger partial charge in [-0.15, -0.1) is 0 Å². The fourth-order valence-corrected chi connectivity index (χ4v) is 11.4. The Balaban J connectivity index is 0.00000115. The van der Waals surface area contributed by atoms with E-state index in [0.717, 1.165) is 137 Å². The first-order valence-electron chi connectivity index (χ1n) is 35.4. The van der Waals surface area contributed by atoms with Gasteiger partial charge in [0.05, 0.1) is 0 Å². The Hall–Kier alpha value is -15.5. The normalized spacial score (nSPS) is 9.52. The lowest BCUT2D eigenvalue weighted by molar-refractivity contribution is -0.145. The Morgan fingerprint density at radius 2 is 0.306 bits per heavy atom. The zero-order valence-corrected chi connectivity index (χ0v) is 61.8. The van der Waals surface area contributed by atoms with Crippen LogP contribution in [0.5, 0.6) is 34.5 Å². The fraction of sp³-hybridized carbons (Fsp3) is 0.143. The van der Waals surface area contributed by atoms with Gasteiger partial charge in [0.2, 0.25) is 34.0 Å². The number of nitrogens with zero attached hydrogens (tertiary/aromatic N) is 2. The molecule has 0 spiro atoms. The molecule has 124 heavy (non-hydrogen) atoms. The summed E-state index contributed by atoms with van der Waals surface area (Å²) in [6.07, 6.45) is 6.56. The first-order chi connectivity index (χ1) is 55.7. The van der Waals surface area contributed by atoms with Crippen molar-refractivity contribution in [3.8, 4) is 101 Å². The average molecular weight is 1680 g/mol. The lowest BCUT2D eigenvalue weighted by atomic mass is 10.0. The summed E-state index contributed by atoms with van der Waals surface area (Å²) < 4.78 is 57.3. The van der Waals surface area contributed by atoms with Crippen molar-refractivity contribution in [2.24, 2.45) is 0 Å². The standard InChI is InChI=1S/C48H39NO9.C47H37NO8.10CH4/c1-4-46(50)56-31-53-43-25-13-37(14-26-43)34-7-19-40(20-8-34)49(41-21-9-35(10-22-41)38-15-27-44(28-16-38)54-32-57-47(51)5-2)42-23-11-36(12-24-42)39-17-29-45(30-18-39)55-33-58-48(52)6-3;1-4-45(49)54-31-52-42-25-13-36(14-26-42)33-7-19-39(20-8-33)48(41-23-11-35(12-24-41)38-17-29-44(30-18-38)56-47(51)6-3)40-21-9-34(10-22-40)37-15-27-43(28-16-37)53-32-55-46(50)5-2;;;;;;;;;;/h4-30H,1-3,31-33H2;4-30H,1-3,31-32H2;10*1H4. The molecule has 0 atom stereocenters. The Bertz CT molecular complexity index is 4930. The molecule has 0 aliphatic carbocycles. The molecule has 0 aromatic heterocycles. The fourth-order valence-electron chi connectivity index (χ4n) is 11.4. The molecule has 0 unspecified atom stereocenters. The van der Waals surface area contributed by atoms with Crippen LogP contribution in [0, 0.1) is 0 Å². The molecule has 19 nitrogen and oxygen atoms in total. The maximum absolute atomic E-state index is 11.6. The van der Waals surface area contributed by atoms with Crippen LogP contribution >= 0.6 is 0 Å². The van der Waals surface area contributed by atoms with Crippen LogP contribution in [0.1, 0.15) is 74.3 Å². The van der Waals surface area contributed by atoms with Gasteiger partial charge in [-0.25, -0.2) is 28.8 Å². The van der Waals surface area contributed by atoms with E-state index in [-0.39, 0.29) is 108 Å². The van der Waals surface area contributed by atoms with Crippen LogP contribution in [-0.2, 0) is 52.5 Å². The monoisotopic (exact) mass is 1680 g/mol. The minimum Gasteiger partial charge on any atom is -0.457 e. The third kappa shape index (κ3) is 30.1. The molecule has 12 aromatic rings. The van der Waals surface area contributed by atoms with Crippen molar-refractivity contribution >= 4 is 69.9 Å². The van der Waals surface area contributed by atoms with Crippen molar-refractivity contribution in [3.05, 3.63) is 367 Å². The maximum atomic E-state index is 11.6. The van der Waals surface area contributed by atoms with Gasteiger partial charge in [0, 0.05) is 70.6 Å². The van der Waals surface area contributed by atoms with Crippen molar-refractivity contribution in [2.75, 3.05) is 43.8 Å². The smallest absolute Gasteiger partial charge is 0.335 e. The van der Waals surface area contributed by atoms with Crippen LogP contribution in [0.15, 0.2) is 367 Å². The molecule has 648 valence electrons. The quantitative estimate of drug-likeness (QED) is 0.0121. The first-order valence-corrected chi connectivity index (χ1v) is 35.4. The van der Waals surface area contributed by atoms with Crippen LogP contribution in [0.3, 0.4) is 0 Å². The number of rotatable bonds is 34. The Morgan fingerprint density at radius 1 is 0.185 bits per heavy atom. The van der Waals surface area contributed by atoms with E-state index < -0.39 is 35.8 Å². The SMILES string of the molecule is C.C.C.C.C.C.C.C.C.C.C=CC(=O)OCOc1ccc(-c2ccc(N(c3ccc(-c4ccc(OCOC(=O)C=C)cc4)cc3)c3ccc(-c4ccc(OC(=O)C=C)cc4)cc3)cc2)cc1.C=CC(=O)OCOc1ccc(-c2ccc(N(c3ccc(-c4ccc(OCOC(=O)C=C)cc4)cc3)c3ccc(-c4ccc(OCOC(=O)C=C)cc4)cc3)cc2)cc1. The van der Waals surface area contributed by atoms with Crippen molar-refractivity contribution in [1.82, 2.24) is 0 Å². The lowest BCUT2D eigenvalue weighted by Crippen LogP contribution is -2.09. The maximum Gasteiger partial charge on any atom is 0.335 e. The summed E-state index contributed by atoms with van der Waals surface area (Å²) in [4.78, 5) is 72.5. The molecule has 12 rings (SSSR count). The molecule has 12 aromatic carbocycles. The highest BCUT2D eigenvalue weighted by Gasteiger charge is 2.18. The molecule has 0 heterocycles. The van der Waals surface area contributed by atoms with Gasteiger partial charge in [-0.1, -0.05) is 259 Å². The van der Waals surface area contributed by atoms with E-state index in [9.17, 15) is 28.8 Å². The summed E-state index contributed by atoms with van der Waals surface area (Å²) in [5.74, 6) is 0.0420. The number of hydrogen-bond acceptors (Lipinski definition) is 19. The molecular weight excluding hydrogens is 1560 g/mol. The van der Waals surface area contributed by atoms with Crippen molar-refractivity contribution in [3.63, 3.8) is 0 Å². The summed E-state index contributed by atoms with van der Waals surface area (Å²) in [6.45, 7) is 19.3. The number of carbonyl (C=O) groups is 6. The van der Waals surface area contributed by atoms with E-state index in [1.165, 1.54) is 0 Å². The molecule has 0 saturated heterocycles. The minimum absolute atomic E-state index is 0. The van der Waals surface area contributed by atoms with Crippen LogP contribution in [0.2, 0.25) is 0 Å². The molecule has 0 radical (unpaired) electrons. The highest BCUT2D eigenvalue weighted by molar-refractivity contribution is 5.87. The van der Waals surface area contributed by atoms with Gasteiger partial charge in [-0.2, -0.15) is 0 Å². The lowest BCUT2D eigenvalue weighted by Gasteiger charge is -2.26. The third-order valence-corrected chi connectivity index (χ3v) is 17.2. The second-order valence-corrected chi connectivity index (χ2v) is 24.4. The Labute approximate surface area is 733 Å². The van der Waals surface area contributed by atoms with E-state index in [4.69, 9.17) is 52.1 Å². The average Bonchev–Trinajstić information content (AvgIpc) is 0.795. The molecule has 0 fully saturated rings. The van der Waals surface area contributed by atoms with Crippen LogP contribution in [-0.4, -0.2) is 69.8 Å². The highest BCUT2D eigenvalue weighted by atomic mass is 16.7. The van der Waals surface area contributed by atoms with Crippen molar-refractivity contribution in [2.45, 2.75) is 74.3 Å². The molecule has 0 aliphatic heterocycles. The molecule has 0 amide bonds. The summed E-state index contributed by atoms with van der Waals surface area (Å²) in [5, 5.41) is 0. The van der Waals surface area contributed by atoms with Crippen LogP contribution in [0.25, 0.3) is 66.8 Å². The number of ether oxygens (including phenoxy) is 11. The van der Waals surface area contributed by atoms with Gasteiger partial charge >= 0.3 is 35.8 Å². The van der Waals surface area contributed by atoms with E-state index >= 15 is 0 Å². The van der Waals surface area contributed by atoms with Crippen molar-refractivity contribution in [1.29, 1.82) is 0 Å². The highest BCUT2D eigenvalue weighted by Crippen LogP contribution is 2.41. The topological polar surface area (TPSA) is 210 Å². The van der Waals surface area contributed by atoms with E-state index in [0.29, 0.717) is 34.5 Å². The third-order valence-electron chi connectivity index (χ3n) is 17.2. The van der Waals surface area contributed by atoms with E-state index in [1.54, 1.807) is 12.1 Å². The van der Waals surface area contributed by atoms with E-state index in [1.807, 2.05) is 133 Å². The van der Waals surface area contributed by atoms with Gasteiger partial charge < -0.3 is 61.9 Å². The Kier molecular flexibility index (Phi) is 46.2. The number of esters is 6. The van der Waals surface area contributed by atoms with Gasteiger partial charge in [0.15, 0.2) is 0 Å². The zero-order valence-electron chi connectivity index (χ0n) is 61.8. The number of hydrogen-bond donors (Lipinski definition) is 0. The molecule has 19 heteroatoms. The Morgan fingerprint density at radius 3 is 0.435 bits per heavy atom. The van der Waals surface area contributed by atoms with Crippen LogP contribution < -0.4 is 38.2 Å². The first kappa shape index (κ1) is 107. The van der Waals surface area contributed by atoms with Gasteiger partial charge in [0.25, 0.3) is 0 Å². The van der Waals surface area contributed by atoms with Crippen molar-refractivity contribution < 1.29 is 80.9 Å². The number of carbonyl (C=O) groups excluding carboxylic acids is 6. The summed E-state index contributed by atoms with van der Waals surface area (Å²) >= 11 is 0. The van der Waals surface area contributed by atoms with Gasteiger partial charge in [-0.3, -0.25) is 0 Å². The minimum atomic E-state index is -0.551. The van der Waals surface area contributed by atoms with E-state index in [2.05, 4.69) is 195 Å². The van der Waals surface area contributed by atoms with Crippen LogP contribution in [0.4, 0.5) is 34.1 Å². The predicted molar refractivity (Wildman–Crippen MR) is 507 cm³/mol. The predicted octanol–water partition coefficient (Wildman–Crippen LogP) is 27.1. The number of benzene rings is 12. The molecule has 0 bridgehead atoms. The second kappa shape index (κ2) is 53.8. The summed E-state index contributed by atoms with van der Waals surface area (Å²) in [6, 6.07) is 94.7. The molecule has 0 N–H and O–H groups in total. The molecule has 0 aliphatic rings. The number of anilines is 6. The summed E-state index contributed by atoms with van der Waals surface area (Å²) in [5.41, 5.74) is 17.7. The molecule has 0 saturated carbocycles. The summed E-state index contributed by atoms with van der Waals surface area (Å²) in [7, 11) is 0. The second-order valence-electron chi connectivity index (χ2n) is 24.4.